The van der Waals surface area contributed by atoms with Crippen molar-refractivity contribution in [2.24, 2.45) is 0 Å². The normalized spacial score (nSPS) is 22.8. The minimum Gasteiger partial charge on any atom is -0.371 e. The van der Waals surface area contributed by atoms with Crippen molar-refractivity contribution < 1.29 is 9.53 Å². The second kappa shape index (κ2) is 8.29. The molecule has 1 aliphatic heterocycles. The first-order valence-corrected chi connectivity index (χ1v) is 8.86. The summed E-state index contributed by atoms with van der Waals surface area (Å²) in [7, 11) is 0. The zero-order chi connectivity index (χ0) is 15.1. The third-order valence-electron chi connectivity index (χ3n) is 3.73. The van der Waals surface area contributed by atoms with E-state index in [2.05, 4.69) is 23.8 Å². The molecule has 0 saturated carbocycles. The summed E-state index contributed by atoms with van der Waals surface area (Å²) >= 11 is 1.75. The van der Waals surface area contributed by atoms with Crippen molar-refractivity contribution in [2.75, 3.05) is 18.6 Å². The number of amides is 2. The Bertz CT molecular complexity index is 441. The summed E-state index contributed by atoms with van der Waals surface area (Å²) in [6.07, 6.45) is 3.81. The molecule has 1 heterocycles. The van der Waals surface area contributed by atoms with Crippen LogP contribution in [0.5, 0.6) is 0 Å². The first-order chi connectivity index (χ1) is 10.2. The van der Waals surface area contributed by atoms with Gasteiger partial charge in [-0.1, -0.05) is 37.3 Å². The maximum absolute atomic E-state index is 12.1. The van der Waals surface area contributed by atoms with Gasteiger partial charge in [0.2, 0.25) is 0 Å². The summed E-state index contributed by atoms with van der Waals surface area (Å²) in [5.74, 6) is 0.938. The molecule has 1 aliphatic rings. The molecule has 0 spiro atoms. The van der Waals surface area contributed by atoms with Crippen LogP contribution in [0.4, 0.5) is 4.79 Å². The largest absolute Gasteiger partial charge is 0.371 e. The third kappa shape index (κ3) is 4.64. The fourth-order valence-electron chi connectivity index (χ4n) is 2.57. The van der Waals surface area contributed by atoms with Crippen molar-refractivity contribution in [3.63, 3.8) is 0 Å². The Hall–Kier alpha value is -1.20. The van der Waals surface area contributed by atoms with Crippen molar-refractivity contribution in [1.29, 1.82) is 0 Å². The summed E-state index contributed by atoms with van der Waals surface area (Å²) in [5.41, 5.74) is 1.12. The lowest BCUT2D eigenvalue weighted by Gasteiger charge is -2.22. The molecule has 116 valence electrons. The van der Waals surface area contributed by atoms with E-state index in [0.717, 1.165) is 24.2 Å². The van der Waals surface area contributed by atoms with Crippen LogP contribution in [0.2, 0.25) is 0 Å². The molecule has 0 aliphatic carbocycles. The third-order valence-corrected chi connectivity index (χ3v) is 4.47. The zero-order valence-electron chi connectivity index (χ0n) is 12.7. The van der Waals surface area contributed by atoms with Crippen LogP contribution in [0.1, 0.15) is 31.4 Å². The van der Waals surface area contributed by atoms with Crippen molar-refractivity contribution in [1.82, 2.24) is 10.6 Å². The SMILES string of the molecule is CC[C@H](CSC)NC(=O)N[C@@H]1CCO[C@H]1c1ccccc1. The molecule has 0 radical (unpaired) electrons. The fraction of sp³-hybridized carbons (Fsp3) is 0.562. The molecule has 2 rings (SSSR count). The van der Waals surface area contributed by atoms with E-state index < -0.39 is 0 Å². The van der Waals surface area contributed by atoms with Gasteiger partial charge in [-0.3, -0.25) is 0 Å². The average Bonchev–Trinajstić information content (AvgIpc) is 2.95. The number of hydrogen-bond donors (Lipinski definition) is 2. The monoisotopic (exact) mass is 308 g/mol. The molecule has 0 bridgehead atoms. The van der Waals surface area contributed by atoms with Crippen molar-refractivity contribution >= 4 is 17.8 Å². The van der Waals surface area contributed by atoms with Gasteiger partial charge in [-0.25, -0.2) is 4.79 Å². The highest BCUT2D eigenvalue weighted by Crippen LogP contribution is 2.28. The highest BCUT2D eigenvalue weighted by molar-refractivity contribution is 7.98. The maximum Gasteiger partial charge on any atom is 0.315 e. The second-order valence-corrected chi connectivity index (χ2v) is 6.19. The predicted octanol–water partition coefficient (Wildman–Crippen LogP) is 2.96. The van der Waals surface area contributed by atoms with Crippen LogP contribution in [0.3, 0.4) is 0 Å². The van der Waals surface area contributed by atoms with E-state index in [9.17, 15) is 4.79 Å². The van der Waals surface area contributed by atoms with Gasteiger partial charge >= 0.3 is 6.03 Å². The molecule has 1 aromatic rings. The van der Waals surface area contributed by atoms with Crippen LogP contribution in [0, 0.1) is 0 Å². The quantitative estimate of drug-likeness (QED) is 0.849. The van der Waals surface area contributed by atoms with E-state index in [1.807, 2.05) is 30.3 Å². The van der Waals surface area contributed by atoms with Gasteiger partial charge < -0.3 is 15.4 Å². The Labute approximate surface area is 131 Å². The zero-order valence-corrected chi connectivity index (χ0v) is 13.5. The lowest BCUT2D eigenvalue weighted by atomic mass is 10.0. The maximum atomic E-state index is 12.1. The molecule has 4 nitrogen and oxygen atoms in total. The van der Waals surface area contributed by atoms with Crippen LogP contribution in [-0.2, 0) is 4.74 Å². The molecule has 2 amide bonds. The van der Waals surface area contributed by atoms with E-state index in [0.29, 0.717) is 6.61 Å². The summed E-state index contributed by atoms with van der Waals surface area (Å²) in [6.45, 7) is 2.78. The van der Waals surface area contributed by atoms with Gasteiger partial charge in [-0.15, -0.1) is 0 Å². The Morgan fingerprint density at radius 1 is 1.43 bits per heavy atom. The fourth-order valence-corrected chi connectivity index (χ4v) is 3.29. The van der Waals surface area contributed by atoms with Gasteiger partial charge in [-0.05, 0) is 24.7 Å². The number of carbonyl (C=O) groups excluding carboxylic acids is 1. The van der Waals surface area contributed by atoms with Gasteiger partial charge in [0.05, 0.1) is 6.04 Å². The lowest BCUT2D eigenvalue weighted by molar-refractivity contribution is 0.0998. The van der Waals surface area contributed by atoms with Crippen molar-refractivity contribution in [3.05, 3.63) is 35.9 Å². The van der Waals surface area contributed by atoms with Crippen LogP contribution >= 0.6 is 11.8 Å². The van der Waals surface area contributed by atoms with E-state index in [-0.39, 0.29) is 24.2 Å². The Morgan fingerprint density at radius 3 is 2.86 bits per heavy atom. The highest BCUT2D eigenvalue weighted by Gasteiger charge is 2.31. The first kappa shape index (κ1) is 16.2. The Kier molecular flexibility index (Phi) is 6.39. The molecule has 2 N–H and O–H groups in total. The van der Waals surface area contributed by atoms with Crippen molar-refractivity contribution in [2.45, 2.75) is 38.0 Å². The molecule has 1 fully saturated rings. The van der Waals surface area contributed by atoms with E-state index >= 15 is 0 Å². The molecule has 21 heavy (non-hydrogen) atoms. The van der Waals surface area contributed by atoms with E-state index in [1.165, 1.54) is 0 Å². The lowest BCUT2D eigenvalue weighted by Crippen LogP contribution is -2.47. The standard InChI is InChI=1S/C16H24N2O2S/c1-3-13(11-21-2)17-16(19)18-14-9-10-20-15(14)12-7-5-4-6-8-12/h4-8,13-15H,3,9-11H2,1-2H3,(H2,17,18,19)/t13-,14-,15+/m1/s1. The van der Waals surface area contributed by atoms with Gasteiger partial charge in [-0.2, -0.15) is 11.8 Å². The number of urea groups is 1. The molecule has 1 saturated heterocycles. The Morgan fingerprint density at radius 2 is 2.19 bits per heavy atom. The minimum absolute atomic E-state index is 0.0409. The van der Waals surface area contributed by atoms with Crippen molar-refractivity contribution in [3.8, 4) is 0 Å². The van der Waals surface area contributed by atoms with Crippen LogP contribution in [-0.4, -0.2) is 36.7 Å². The molecule has 0 aromatic heterocycles. The predicted molar refractivity (Wildman–Crippen MR) is 87.7 cm³/mol. The topological polar surface area (TPSA) is 50.4 Å². The van der Waals surface area contributed by atoms with E-state index in [4.69, 9.17) is 4.74 Å². The molecule has 3 atom stereocenters. The van der Waals surface area contributed by atoms with Gasteiger partial charge in [0.15, 0.2) is 0 Å². The molecule has 0 unspecified atom stereocenters. The van der Waals surface area contributed by atoms with Crippen LogP contribution < -0.4 is 10.6 Å². The number of nitrogens with one attached hydrogen (secondary N) is 2. The van der Waals surface area contributed by atoms with Crippen LogP contribution in [0.25, 0.3) is 0 Å². The first-order valence-electron chi connectivity index (χ1n) is 7.47. The summed E-state index contributed by atoms with van der Waals surface area (Å²) in [6, 6.07) is 10.3. The number of hydrogen-bond acceptors (Lipinski definition) is 3. The molecular formula is C16H24N2O2S. The Balaban J connectivity index is 1.90. The summed E-state index contributed by atoms with van der Waals surface area (Å²) < 4.78 is 5.78. The van der Waals surface area contributed by atoms with Crippen LogP contribution in [0.15, 0.2) is 30.3 Å². The van der Waals surface area contributed by atoms with E-state index in [1.54, 1.807) is 11.8 Å². The molecular weight excluding hydrogens is 284 g/mol. The van der Waals surface area contributed by atoms with Gasteiger partial charge in [0.1, 0.15) is 6.10 Å². The second-order valence-electron chi connectivity index (χ2n) is 5.28. The number of carbonyl (C=O) groups is 1. The highest BCUT2D eigenvalue weighted by atomic mass is 32.2. The summed E-state index contributed by atoms with van der Waals surface area (Å²) in [5, 5.41) is 6.11. The average molecular weight is 308 g/mol. The number of rotatable bonds is 6. The molecule has 5 heteroatoms. The van der Waals surface area contributed by atoms with Gasteiger partial charge in [0.25, 0.3) is 0 Å². The minimum atomic E-state index is -0.0904. The number of thioether (sulfide) groups is 1. The number of ether oxygens (including phenoxy) is 1. The summed E-state index contributed by atoms with van der Waals surface area (Å²) in [4.78, 5) is 12.1. The number of benzene rings is 1. The molecule has 1 aromatic carbocycles. The van der Waals surface area contributed by atoms with Gasteiger partial charge in [0, 0.05) is 18.4 Å². The smallest absolute Gasteiger partial charge is 0.315 e.